The molecule has 1 aliphatic rings. The molecule has 0 bridgehead atoms. The van der Waals surface area contributed by atoms with E-state index < -0.39 is 0 Å². The van der Waals surface area contributed by atoms with Gasteiger partial charge in [-0.3, -0.25) is 4.68 Å². The van der Waals surface area contributed by atoms with Gasteiger partial charge in [-0.2, -0.15) is 5.10 Å². The number of rotatable bonds is 5. The first-order valence-electron chi connectivity index (χ1n) is 10.9. The molecule has 9 heteroatoms. The lowest BCUT2D eigenvalue weighted by Gasteiger charge is -2.34. The van der Waals surface area contributed by atoms with E-state index in [0.29, 0.717) is 0 Å². The number of carbonyl (C=O) groups is 1. The second kappa shape index (κ2) is 9.84. The Morgan fingerprint density at radius 2 is 1.64 bits per heavy atom. The molecular weight excluding hydrogens is 482 g/mol. The van der Waals surface area contributed by atoms with Gasteiger partial charge < -0.3 is 25.3 Å². The Labute approximate surface area is 203 Å². The molecule has 0 aliphatic carbocycles. The van der Waals surface area contributed by atoms with E-state index in [1.807, 2.05) is 67.1 Å². The molecule has 8 nitrogen and oxygen atoms in total. The smallest absolute Gasteiger partial charge is 0.323 e. The van der Waals surface area contributed by atoms with Crippen molar-refractivity contribution in [3.63, 3.8) is 0 Å². The summed E-state index contributed by atoms with van der Waals surface area (Å²) in [6, 6.07) is 13.6. The second-order valence-corrected chi connectivity index (χ2v) is 9.40. The Morgan fingerprint density at radius 1 is 0.970 bits per heavy atom. The van der Waals surface area contributed by atoms with Crippen LogP contribution < -0.4 is 20.4 Å². The van der Waals surface area contributed by atoms with Gasteiger partial charge in [0.1, 0.15) is 0 Å². The van der Waals surface area contributed by atoms with Crippen LogP contribution in [-0.2, 0) is 7.05 Å². The van der Waals surface area contributed by atoms with Gasteiger partial charge in [0.05, 0.1) is 16.4 Å². The van der Waals surface area contributed by atoms with Crippen molar-refractivity contribution in [3.05, 3.63) is 53.1 Å². The molecule has 2 amide bonds. The molecule has 4 rings (SSSR count). The van der Waals surface area contributed by atoms with Crippen LogP contribution in [0.2, 0.25) is 0 Å². The number of hydrogen-bond acceptors (Lipinski definition) is 5. The standard InChI is InChI=1S/C24H30BrN7O/c1-29(2)20-7-5-18(6-8-20)27-24(33)28-19-13-17(23-22(25)16-26-31(23)4)14-21(15-19)32-11-9-30(3)10-12-32/h5-8,13-16H,9-12H2,1-4H3,(H2,27,28,33). The zero-order valence-electron chi connectivity index (χ0n) is 19.5. The molecule has 0 radical (unpaired) electrons. The van der Waals surface area contributed by atoms with Crippen molar-refractivity contribution in [1.29, 1.82) is 0 Å². The lowest BCUT2D eigenvalue weighted by Crippen LogP contribution is -2.44. The number of urea groups is 1. The van der Waals surface area contributed by atoms with Gasteiger partial charge in [0.2, 0.25) is 0 Å². The Morgan fingerprint density at radius 3 is 2.24 bits per heavy atom. The molecule has 0 atom stereocenters. The van der Waals surface area contributed by atoms with Crippen LogP contribution >= 0.6 is 15.9 Å². The number of carbonyl (C=O) groups excluding carboxylic acids is 1. The van der Waals surface area contributed by atoms with Crippen molar-refractivity contribution in [1.82, 2.24) is 14.7 Å². The maximum atomic E-state index is 12.8. The summed E-state index contributed by atoms with van der Waals surface area (Å²) in [6.45, 7) is 3.89. The lowest BCUT2D eigenvalue weighted by molar-refractivity contribution is 0.262. The molecule has 1 fully saturated rings. The maximum absolute atomic E-state index is 12.8. The van der Waals surface area contributed by atoms with Gasteiger partial charge in [0, 0.05) is 75.6 Å². The van der Waals surface area contributed by atoms with Crippen LogP contribution in [0.4, 0.5) is 27.5 Å². The number of amides is 2. The summed E-state index contributed by atoms with van der Waals surface area (Å²) < 4.78 is 2.75. The highest BCUT2D eigenvalue weighted by Crippen LogP contribution is 2.33. The fraction of sp³-hybridized carbons (Fsp3) is 0.333. The van der Waals surface area contributed by atoms with Crippen molar-refractivity contribution in [2.75, 3.05) is 67.8 Å². The number of anilines is 4. The molecule has 1 saturated heterocycles. The molecule has 2 aromatic carbocycles. The molecule has 0 spiro atoms. The fourth-order valence-corrected chi connectivity index (χ4v) is 4.52. The fourth-order valence-electron chi connectivity index (χ4n) is 3.94. The molecule has 0 unspecified atom stereocenters. The first-order valence-corrected chi connectivity index (χ1v) is 11.7. The average Bonchev–Trinajstić information content (AvgIpc) is 3.12. The first-order chi connectivity index (χ1) is 15.8. The third-order valence-electron chi connectivity index (χ3n) is 5.85. The van der Waals surface area contributed by atoms with Gasteiger partial charge in [0.25, 0.3) is 0 Å². The van der Waals surface area contributed by atoms with Crippen LogP contribution in [0.5, 0.6) is 0 Å². The Kier molecular flexibility index (Phi) is 6.90. The van der Waals surface area contributed by atoms with Crippen LogP contribution in [0.15, 0.2) is 53.1 Å². The van der Waals surface area contributed by atoms with Crippen LogP contribution in [0, 0.1) is 0 Å². The SMILES string of the molecule is CN1CCN(c2cc(NC(=O)Nc3ccc(N(C)C)cc3)cc(-c3c(Br)cnn3C)c2)CC1. The molecule has 1 aliphatic heterocycles. The highest BCUT2D eigenvalue weighted by Gasteiger charge is 2.18. The summed E-state index contributed by atoms with van der Waals surface area (Å²) in [4.78, 5) is 19.5. The van der Waals surface area contributed by atoms with Crippen molar-refractivity contribution in [3.8, 4) is 11.3 Å². The van der Waals surface area contributed by atoms with Crippen LogP contribution in [0.1, 0.15) is 0 Å². The summed E-state index contributed by atoms with van der Waals surface area (Å²) in [5, 5.41) is 10.3. The van der Waals surface area contributed by atoms with Crippen LogP contribution in [-0.4, -0.2) is 68.0 Å². The number of aromatic nitrogens is 2. The third kappa shape index (κ3) is 5.48. The number of nitrogens with one attached hydrogen (secondary N) is 2. The quantitative estimate of drug-likeness (QED) is 0.534. The number of likely N-dealkylation sites (N-methyl/N-ethyl adjacent to an activating group) is 1. The number of halogens is 1. The van der Waals surface area contributed by atoms with Gasteiger partial charge in [-0.05, 0) is 65.4 Å². The van der Waals surface area contributed by atoms with E-state index in [-0.39, 0.29) is 6.03 Å². The van der Waals surface area contributed by atoms with Gasteiger partial charge in [0.15, 0.2) is 0 Å². The molecule has 2 heterocycles. The predicted octanol–water partition coefficient (Wildman–Crippen LogP) is 4.31. The van der Waals surface area contributed by atoms with Crippen LogP contribution in [0.25, 0.3) is 11.3 Å². The van der Waals surface area contributed by atoms with Crippen molar-refractivity contribution in [2.24, 2.45) is 7.05 Å². The molecule has 1 aromatic heterocycles. The monoisotopic (exact) mass is 511 g/mol. The Bertz CT molecular complexity index is 1100. The minimum atomic E-state index is -0.279. The summed E-state index contributed by atoms with van der Waals surface area (Å²) in [7, 11) is 8.03. The highest BCUT2D eigenvalue weighted by atomic mass is 79.9. The van der Waals surface area contributed by atoms with E-state index in [1.54, 1.807) is 6.20 Å². The number of benzene rings is 2. The molecule has 3 aromatic rings. The van der Waals surface area contributed by atoms with E-state index in [2.05, 4.69) is 54.6 Å². The molecule has 174 valence electrons. The highest BCUT2D eigenvalue weighted by molar-refractivity contribution is 9.10. The van der Waals surface area contributed by atoms with Crippen molar-refractivity contribution in [2.45, 2.75) is 0 Å². The summed E-state index contributed by atoms with van der Waals surface area (Å²) in [6.07, 6.45) is 1.79. The minimum absolute atomic E-state index is 0.279. The van der Waals surface area contributed by atoms with Crippen molar-refractivity contribution >= 4 is 44.7 Å². The largest absolute Gasteiger partial charge is 0.378 e. The number of nitrogens with zero attached hydrogens (tertiary/aromatic N) is 5. The van der Waals surface area contributed by atoms with Gasteiger partial charge in [-0.1, -0.05) is 0 Å². The normalized spacial score (nSPS) is 14.3. The van der Waals surface area contributed by atoms with Crippen molar-refractivity contribution < 1.29 is 4.79 Å². The number of aryl methyl sites for hydroxylation is 1. The molecule has 33 heavy (non-hydrogen) atoms. The first kappa shape index (κ1) is 23.1. The zero-order valence-corrected chi connectivity index (χ0v) is 21.1. The lowest BCUT2D eigenvalue weighted by atomic mass is 10.1. The summed E-state index contributed by atoms with van der Waals surface area (Å²) >= 11 is 3.61. The zero-order chi connectivity index (χ0) is 23.5. The van der Waals surface area contributed by atoms with E-state index in [9.17, 15) is 4.79 Å². The molecular formula is C24H30BrN7O. The van der Waals surface area contributed by atoms with E-state index >= 15 is 0 Å². The van der Waals surface area contributed by atoms with E-state index in [4.69, 9.17) is 0 Å². The summed E-state index contributed by atoms with van der Waals surface area (Å²) in [5.41, 5.74) is 5.59. The van der Waals surface area contributed by atoms with Gasteiger partial charge in [-0.25, -0.2) is 4.79 Å². The third-order valence-corrected chi connectivity index (χ3v) is 6.43. The predicted molar refractivity (Wildman–Crippen MR) is 139 cm³/mol. The Balaban J connectivity index is 1.59. The maximum Gasteiger partial charge on any atom is 0.323 e. The van der Waals surface area contributed by atoms with E-state index in [1.165, 1.54) is 0 Å². The van der Waals surface area contributed by atoms with Crippen LogP contribution in [0.3, 0.4) is 0 Å². The second-order valence-electron chi connectivity index (χ2n) is 8.54. The number of piperazine rings is 1. The van der Waals surface area contributed by atoms with Gasteiger partial charge >= 0.3 is 6.03 Å². The Hall–Kier alpha value is -3.04. The van der Waals surface area contributed by atoms with E-state index in [0.717, 1.165) is 64.7 Å². The minimum Gasteiger partial charge on any atom is -0.378 e. The summed E-state index contributed by atoms with van der Waals surface area (Å²) in [5.74, 6) is 0. The molecule has 2 N–H and O–H groups in total. The van der Waals surface area contributed by atoms with Gasteiger partial charge in [-0.15, -0.1) is 0 Å². The topological polar surface area (TPSA) is 68.7 Å². The molecule has 0 saturated carbocycles. The average molecular weight is 512 g/mol. The number of hydrogen-bond donors (Lipinski definition) is 2.